The summed E-state index contributed by atoms with van der Waals surface area (Å²) in [4.78, 5) is 16.7. The summed E-state index contributed by atoms with van der Waals surface area (Å²) in [5, 5.41) is 5.55. The molecule has 7 heteroatoms. The molecule has 2 aromatic rings. The lowest BCUT2D eigenvalue weighted by molar-refractivity contribution is 0.0975. The third-order valence-corrected chi connectivity index (χ3v) is 3.90. The molecule has 136 valence electrons. The number of nitrogens with one attached hydrogen (secondary N) is 2. The second-order valence-electron chi connectivity index (χ2n) is 5.92. The van der Waals surface area contributed by atoms with Crippen molar-refractivity contribution < 1.29 is 18.3 Å². The average molecular weight is 359 g/mol. The highest BCUT2D eigenvalue weighted by Crippen LogP contribution is 2.13. The lowest BCUT2D eigenvalue weighted by Gasteiger charge is -2.13. The summed E-state index contributed by atoms with van der Waals surface area (Å²) in [6.07, 6.45) is 1.89. The number of guanidine groups is 1. The summed E-state index contributed by atoms with van der Waals surface area (Å²) in [6, 6.07) is 11.0. The highest BCUT2D eigenvalue weighted by Gasteiger charge is 2.16. The molecule has 1 aliphatic rings. The molecule has 0 unspecified atom stereocenters. The number of carbonyl (C=O) groups is 1. The van der Waals surface area contributed by atoms with Crippen LogP contribution in [0.25, 0.3) is 0 Å². The van der Waals surface area contributed by atoms with Gasteiger partial charge in [0.1, 0.15) is 11.6 Å². The van der Waals surface area contributed by atoms with Crippen molar-refractivity contribution in [3.8, 4) is 0 Å². The number of benzene rings is 2. The fourth-order valence-electron chi connectivity index (χ4n) is 2.58. The van der Waals surface area contributed by atoms with E-state index in [1.54, 1.807) is 12.1 Å². The van der Waals surface area contributed by atoms with Crippen molar-refractivity contribution in [1.82, 2.24) is 5.32 Å². The lowest BCUT2D eigenvalue weighted by Crippen LogP contribution is -2.36. The van der Waals surface area contributed by atoms with E-state index in [9.17, 15) is 13.6 Å². The van der Waals surface area contributed by atoms with E-state index in [-0.39, 0.29) is 17.6 Å². The molecule has 1 heterocycles. The molecule has 26 heavy (non-hydrogen) atoms. The maximum absolute atomic E-state index is 13.4. The van der Waals surface area contributed by atoms with E-state index in [4.69, 9.17) is 4.74 Å². The van der Waals surface area contributed by atoms with Gasteiger partial charge in [-0.25, -0.2) is 13.8 Å². The molecule has 5 nitrogen and oxygen atoms in total. The Labute approximate surface area is 150 Å². The van der Waals surface area contributed by atoms with Crippen molar-refractivity contribution in [2.45, 2.75) is 18.9 Å². The SMILES string of the molecule is O=C(NC(=NC[C@@H]1CCCO1)Nc1cccc(F)c1)c1ccc(F)cc1. The number of carbonyl (C=O) groups excluding carboxylic acids is 1. The van der Waals surface area contributed by atoms with E-state index < -0.39 is 17.5 Å². The van der Waals surface area contributed by atoms with Gasteiger partial charge in [0.05, 0.1) is 12.6 Å². The first kappa shape index (κ1) is 18.0. The van der Waals surface area contributed by atoms with Gasteiger partial charge in [-0.1, -0.05) is 6.07 Å². The Kier molecular flexibility index (Phi) is 5.91. The normalized spacial score (nSPS) is 17.2. The summed E-state index contributed by atoms with van der Waals surface area (Å²) in [6.45, 7) is 1.08. The van der Waals surface area contributed by atoms with E-state index in [0.29, 0.717) is 18.8 Å². The summed E-state index contributed by atoms with van der Waals surface area (Å²) >= 11 is 0. The Balaban J connectivity index is 1.73. The van der Waals surface area contributed by atoms with Gasteiger partial charge in [0.25, 0.3) is 5.91 Å². The molecule has 1 atom stereocenters. The van der Waals surface area contributed by atoms with Gasteiger partial charge >= 0.3 is 0 Å². The molecule has 0 radical (unpaired) electrons. The first-order valence-electron chi connectivity index (χ1n) is 8.36. The lowest BCUT2D eigenvalue weighted by atomic mass is 10.2. The largest absolute Gasteiger partial charge is 0.376 e. The maximum Gasteiger partial charge on any atom is 0.257 e. The monoisotopic (exact) mass is 359 g/mol. The Morgan fingerprint density at radius 1 is 1.15 bits per heavy atom. The van der Waals surface area contributed by atoms with Gasteiger partial charge in [-0.3, -0.25) is 10.1 Å². The summed E-state index contributed by atoms with van der Waals surface area (Å²) in [5.41, 5.74) is 0.743. The minimum absolute atomic E-state index is 0.00188. The second kappa shape index (κ2) is 8.53. The summed E-state index contributed by atoms with van der Waals surface area (Å²) < 4.78 is 31.9. The van der Waals surface area contributed by atoms with Crippen molar-refractivity contribution in [3.05, 3.63) is 65.7 Å². The predicted octanol–water partition coefficient (Wildman–Crippen LogP) is 3.34. The fourth-order valence-corrected chi connectivity index (χ4v) is 2.58. The van der Waals surface area contributed by atoms with Gasteiger partial charge in [-0.05, 0) is 55.3 Å². The van der Waals surface area contributed by atoms with Crippen LogP contribution in [-0.4, -0.2) is 31.1 Å². The number of nitrogens with zero attached hydrogens (tertiary/aromatic N) is 1. The molecule has 1 saturated heterocycles. The Bertz CT molecular complexity index is 788. The van der Waals surface area contributed by atoms with Gasteiger partial charge in [-0.2, -0.15) is 0 Å². The predicted molar refractivity (Wildman–Crippen MR) is 95.2 cm³/mol. The molecule has 1 fully saturated rings. The van der Waals surface area contributed by atoms with E-state index in [1.165, 1.54) is 36.4 Å². The minimum Gasteiger partial charge on any atom is -0.376 e. The molecular weight excluding hydrogens is 340 g/mol. The number of ether oxygens (including phenoxy) is 1. The van der Waals surface area contributed by atoms with Crippen molar-refractivity contribution >= 4 is 17.6 Å². The average Bonchev–Trinajstić information content (AvgIpc) is 3.14. The Morgan fingerprint density at radius 3 is 2.65 bits per heavy atom. The van der Waals surface area contributed by atoms with Crippen LogP contribution in [0.4, 0.5) is 14.5 Å². The molecule has 1 amide bonds. The molecule has 0 aliphatic carbocycles. The highest BCUT2D eigenvalue weighted by atomic mass is 19.1. The Morgan fingerprint density at radius 2 is 1.96 bits per heavy atom. The number of aliphatic imine (C=N–C) groups is 1. The van der Waals surface area contributed by atoms with Crippen LogP contribution in [0.3, 0.4) is 0 Å². The van der Waals surface area contributed by atoms with Gasteiger partial charge < -0.3 is 10.1 Å². The van der Waals surface area contributed by atoms with Crippen LogP contribution >= 0.6 is 0 Å². The van der Waals surface area contributed by atoms with Gasteiger partial charge in [0.15, 0.2) is 0 Å². The number of rotatable bonds is 4. The van der Waals surface area contributed by atoms with Crippen LogP contribution in [0.1, 0.15) is 23.2 Å². The van der Waals surface area contributed by atoms with E-state index in [2.05, 4.69) is 15.6 Å². The number of amides is 1. The number of hydrogen-bond acceptors (Lipinski definition) is 3. The highest BCUT2D eigenvalue weighted by molar-refractivity contribution is 6.09. The quantitative estimate of drug-likeness (QED) is 0.650. The van der Waals surface area contributed by atoms with E-state index >= 15 is 0 Å². The van der Waals surface area contributed by atoms with Crippen LogP contribution in [-0.2, 0) is 4.74 Å². The maximum atomic E-state index is 13.4. The van der Waals surface area contributed by atoms with Crippen molar-refractivity contribution in [3.63, 3.8) is 0 Å². The first-order valence-corrected chi connectivity index (χ1v) is 8.36. The molecular formula is C19H19F2N3O2. The third-order valence-electron chi connectivity index (χ3n) is 3.90. The van der Waals surface area contributed by atoms with Crippen LogP contribution in [0, 0.1) is 11.6 Å². The topological polar surface area (TPSA) is 62.7 Å². The van der Waals surface area contributed by atoms with Crippen LogP contribution in [0.2, 0.25) is 0 Å². The molecule has 2 aromatic carbocycles. The molecule has 2 N–H and O–H groups in total. The van der Waals surface area contributed by atoms with Crippen LogP contribution < -0.4 is 10.6 Å². The molecule has 0 spiro atoms. The zero-order valence-electron chi connectivity index (χ0n) is 14.0. The number of hydrogen-bond donors (Lipinski definition) is 2. The molecule has 0 bridgehead atoms. The zero-order chi connectivity index (χ0) is 18.4. The van der Waals surface area contributed by atoms with Gasteiger partial charge in [0.2, 0.25) is 5.96 Å². The fraction of sp³-hybridized carbons (Fsp3) is 0.263. The number of anilines is 1. The molecule has 0 aromatic heterocycles. The van der Waals surface area contributed by atoms with Gasteiger partial charge in [0, 0.05) is 17.9 Å². The summed E-state index contributed by atoms with van der Waals surface area (Å²) in [7, 11) is 0. The van der Waals surface area contributed by atoms with Crippen LogP contribution in [0.5, 0.6) is 0 Å². The van der Waals surface area contributed by atoms with Crippen molar-refractivity contribution in [1.29, 1.82) is 0 Å². The standard InChI is InChI=1S/C19H19F2N3O2/c20-14-8-6-13(7-9-14)18(25)24-19(22-12-17-5-2-10-26-17)23-16-4-1-3-15(21)11-16/h1,3-4,6-9,11,17H,2,5,10,12H2,(H2,22,23,24,25)/t17-/m0/s1. The third kappa shape index (κ3) is 5.10. The molecule has 3 rings (SSSR count). The molecule has 0 saturated carbocycles. The van der Waals surface area contributed by atoms with Crippen molar-refractivity contribution in [2.24, 2.45) is 4.99 Å². The zero-order valence-corrected chi connectivity index (χ0v) is 14.0. The Hall–Kier alpha value is -2.80. The first-order chi connectivity index (χ1) is 12.6. The molecule has 1 aliphatic heterocycles. The second-order valence-corrected chi connectivity index (χ2v) is 5.92. The number of halogens is 2. The minimum atomic E-state index is -0.444. The summed E-state index contributed by atoms with van der Waals surface area (Å²) in [5.74, 6) is -1.09. The van der Waals surface area contributed by atoms with E-state index in [0.717, 1.165) is 12.8 Å². The van der Waals surface area contributed by atoms with Crippen LogP contribution in [0.15, 0.2) is 53.5 Å². The van der Waals surface area contributed by atoms with Crippen molar-refractivity contribution in [2.75, 3.05) is 18.5 Å². The smallest absolute Gasteiger partial charge is 0.257 e. The van der Waals surface area contributed by atoms with E-state index in [1.807, 2.05) is 0 Å². The van der Waals surface area contributed by atoms with Gasteiger partial charge in [-0.15, -0.1) is 0 Å².